The van der Waals surface area contributed by atoms with Gasteiger partial charge in [-0.25, -0.2) is 0 Å². The third kappa shape index (κ3) is 3.84. The molecule has 0 bridgehead atoms. The van der Waals surface area contributed by atoms with Crippen molar-refractivity contribution < 1.29 is 0 Å². The van der Waals surface area contributed by atoms with Gasteiger partial charge in [0.2, 0.25) is 0 Å². The number of nitrogens with one attached hydrogen (secondary N) is 1. The molecule has 3 heteroatoms. The maximum Gasteiger partial charge on any atom is 0.0406 e. The molecule has 0 aromatic heterocycles. The van der Waals surface area contributed by atoms with E-state index >= 15 is 0 Å². The van der Waals surface area contributed by atoms with E-state index in [0.29, 0.717) is 0 Å². The Bertz CT molecular complexity index is 228. The topological polar surface area (TPSA) is 15.3 Å². The summed E-state index contributed by atoms with van der Waals surface area (Å²) in [7, 11) is 0. The van der Waals surface area contributed by atoms with Crippen LogP contribution < -0.4 is 5.32 Å². The Hall–Kier alpha value is 0.210. The zero-order chi connectivity index (χ0) is 12.1. The van der Waals surface area contributed by atoms with Crippen LogP contribution in [-0.4, -0.2) is 42.5 Å². The lowest BCUT2D eigenvalue weighted by Crippen LogP contribution is -2.52. The second kappa shape index (κ2) is 6.40. The maximum atomic E-state index is 6.22. The van der Waals surface area contributed by atoms with E-state index in [9.17, 15) is 0 Å². The molecule has 0 radical (unpaired) electrons. The van der Waals surface area contributed by atoms with E-state index in [1.165, 1.54) is 58.2 Å². The Kier molecular flexibility index (Phi) is 5.13. The first-order chi connectivity index (χ1) is 8.24. The number of halogens is 1. The van der Waals surface area contributed by atoms with Crippen molar-refractivity contribution in [2.24, 2.45) is 5.92 Å². The predicted octanol–water partition coefficient (Wildman–Crippen LogP) is 2.86. The summed E-state index contributed by atoms with van der Waals surface area (Å²) in [6.07, 6.45) is 8.02. The normalized spacial score (nSPS) is 35.3. The van der Waals surface area contributed by atoms with E-state index in [0.717, 1.165) is 18.3 Å². The smallest absolute Gasteiger partial charge is 0.0406 e. The Morgan fingerprint density at radius 2 is 2.06 bits per heavy atom. The van der Waals surface area contributed by atoms with Gasteiger partial charge >= 0.3 is 0 Å². The van der Waals surface area contributed by atoms with Crippen molar-refractivity contribution in [1.82, 2.24) is 10.2 Å². The summed E-state index contributed by atoms with van der Waals surface area (Å²) in [5, 5.41) is 3.77. The summed E-state index contributed by atoms with van der Waals surface area (Å²) < 4.78 is 0. The number of nitrogens with zero attached hydrogens (tertiary/aromatic N) is 1. The number of alkyl halides is 1. The first-order valence-electron chi connectivity index (χ1n) is 7.27. The molecule has 0 amide bonds. The summed E-state index contributed by atoms with van der Waals surface area (Å²) in [4.78, 5) is 2.57. The first-order valence-corrected chi connectivity index (χ1v) is 7.81. The van der Waals surface area contributed by atoms with Crippen LogP contribution in [0.2, 0.25) is 0 Å². The fraction of sp³-hybridized carbons (Fsp3) is 1.00. The molecule has 17 heavy (non-hydrogen) atoms. The van der Waals surface area contributed by atoms with Crippen molar-refractivity contribution >= 4 is 11.6 Å². The minimum atomic E-state index is 0.235. The van der Waals surface area contributed by atoms with Crippen LogP contribution in [-0.2, 0) is 0 Å². The monoisotopic (exact) mass is 258 g/mol. The Balaban J connectivity index is 1.74. The molecule has 2 nitrogen and oxygen atoms in total. The van der Waals surface area contributed by atoms with E-state index in [1.807, 2.05) is 0 Å². The standard InChI is InChI=1S/C14H27ClN2/c1-13-5-4-6-14(11-13,12-15)16-7-10-17-8-2-3-9-17/h13,16H,2-12H2,1H3. The molecule has 2 atom stereocenters. The van der Waals surface area contributed by atoms with Crippen LogP contribution in [0.1, 0.15) is 45.4 Å². The highest BCUT2D eigenvalue weighted by atomic mass is 35.5. The third-order valence-electron chi connectivity index (χ3n) is 4.47. The Morgan fingerprint density at radius 3 is 2.71 bits per heavy atom. The van der Waals surface area contributed by atoms with Crippen LogP contribution in [0.25, 0.3) is 0 Å². The highest BCUT2D eigenvalue weighted by molar-refractivity contribution is 6.18. The molecular formula is C14H27ClN2. The molecule has 1 saturated carbocycles. The van der Waals surface area contributed by atoms with Gasteiger partial charge in [-0.15, -0.1) is 11.6 Å². The van der Waals surface area contributed by atoms with Crippen LogP contribution in [0.15, 0.2) is 0 Å². The molecule has 1 saturated heterocycles. The molecule has 100 valence electrons. The van der Waals surface area contributed by atoms with Crippen LogP contribution in [0, 0.1) is 5.92 Å². The van der Waals surface area contributed by atoms with Gasteiger partial charge < -0.3 is 10.2 Å². The van der Waals surface area contributed by atoms with Crippen molar-refractivity contribution in [3.05, 3.63) is 0 Å². The van der Waals surface area contributed by atoms with Crippen molar-refractivity contribution in [3.8, 4) is 0 Å². The van der Waals surface area contributed by atoms with Gasteiger partial charge in [-0.1, -0.05) is 19.8 Å². The van der Waals surface area contributed by atoms with Crippen molar-refractivity contribution in [1.29, 1.82) is 0 Å². The van der Waals surface area contributed by atoms with Gasteiger partial charge in [0.05, 0.1) is 0 Å². The maximum absolute atomic E-state index is 6.22. The van der Waals surface area contributed by atoms with Gasteiger partial charge in [0, 0.05) is 24.5 Å². The fourth-order valence-electron chi connectivity index (χ4n) is 3.47. The summed E-state index contributed by atoms with van der Waals surface area (Å²) in [6, 6.07) is 0. The number of rotatable bonds is 5. The van der Waals surface area contributed by atoms with Crippen molar-refractivity contribution in [2.75, 3.05) is 32.1 Å². The van der Waals surface area contributed by atoms with Crippen molar-refractivity contribution in [2.45, 2.75) is 51.0 Å². The minimum Gasteiger partial charge on any atom is -0.309 e. The van der Waals surface area contributed by atoms with E-state index < -0.39 is 0 Å². The largest absolute Gasteiger partial charge is 0.309 e. The lowest BCUT2D eigenvalue weighted by Gasteiger charge is -2.40. The van der Waals surface area contributed by atoms with Crippen LogP contribution >= 0.6 is 11.6 Å². The van der Waals surface area contributed by atoms with Gasteiger partial charge in [-0.3, -0.25) is 0 Å². The fourth-order valence-corrected chi connectivity index (χ4v) is 3.81. The molecule has 0 spiro atoms. The number of hydrogen-bond acceptors (Lipinski definition) is 2. The van der Waals surface area contributed by atoms with Crippen LogP contribution in [0.4, 0.5) is 0 Å². The molecule has 1 N–H and O–H groups in total. The lowest BCUT2D eigenvalue weighted by molar-refractivity contribution is 0.200. The highest BCUT2D eigenvalue weighted by Gasteiger charge is 2.33. The lowest BCUT2D eigenvalue weighted by atomic mass is 9.77. The van der Waals surface area contributed by atoms with E-state index in [-0.39, 0.29) is 5.54 Å². The quantitative estimate of drug-likeness (QED) is 0.763. The average Bonchev–Trinajstić information content (AvgIpc) is 2.82. The van der Waals surface area contributed by atoms with Gasteiger partial charge in [-0.05, 0) is 44.7 Å². The van der Waals surface area contributed by atoms with Crippen LogP contribution in [0.5, 0.6) is 0 Å². The van der Waals surface area contributed by atoms with Crippen molar-refractivity contribution in [3.63, 3.8) is 0 Å². The molecule has 2 aliphatic rings. The van der Waals surface area contributed by atoms with Crippen LogP contribution in [0.3, 0.4) is 0 Å². The Morgan fingerprint density at radius 1 is 1.29 bits per heavy atom. The molecule has 2 unspecified atom stereocenters. The minimum absolute atomic E-state index is 0.235. The molecule has 1 aliphatic carbocycles. The van der Waals surface area contributed by atoms with Gasteiger partial charge in [-0.2, -0.15) is 0 Å². The molecule has 2 fully saturated rings. The van der Waals surface area contributed by atoms with Gasteiger partial charge in [0.15, 0.2) is 0 Å². The Labute approximate surface area is 111 Å². The zero-order valence-electron chi connectivity index (χ0n) is 11.2. The summed E-state index contributed by atoms with van der Waals surface area (Å²) in [6.45, 7) is 7.27. The van der Waals surface area contributed by atoms with E-state index in [2.05, 4.69) is 17.1 Å². The summed E-state index contributed by atoms with van der Waals surface area (Å²) in [5.41, 5.74) is 0.235. The second-order valence-corrected chi connectivity index (χ2v) is 6.36. The number of likely N-dealkylation sites (tertiary alicyclic amines) is 1. The second-order valence-electron chi connectivity index (χ2n) is 6.09. The third-order valence-corrected chi connectivity index (χ3v) is 4.99. The molecule has 0 aromatic carbocycles. The van der Waals surface area contributed by atoms with E-state index in [4.69, 9.17) is 11.6 Å². The van der Waals surface area contributed by atoms with E-state index in [1.54, 1.807) is 0 Å². The summed E-state index contributed by atoms with van der Waals surface area (Å²) >= 11 is 6.22. The zero-order valence-corrected chi connectivity index (χ0v) is 11.9. The van der Waals surface area contributed by atoms with Gasteiger partial charge in [0.1, 0.15) is 0 Å². The predicted molar refractivity (Wildman–Crippen MR) is 74.8 cm³/mol. The summed E-state index contributed by atoms with van der Waals surface area (Å²) in [5.74, 6) is 1.61. The van der Waals surface area contributed by atoms with Gasteiger partial charge in [0.25, 0.3) is 0 Å². The SMILES string of the molecule is CC1CCCC(CCl)(NCCN2CCCC2)C1. The molecule has 2 rings (SSSR count). The molecule has 0 aromatic rings. The molecular weight excluding hydrogens is 232 g/mol. The average molecular weight is 259 g/mol. The first kappa shape index (κ1) is 13.6. The molecule has 1 heterocycles. The highest BCUT2D eigenvalue weighted by Crippen LogP contribution is 2.33. The number of hydrogen-bond donors (Lipinski definition) is 1. The molecule has 1 aliphatic heterocycles.